The van der Waals surface area contributed by atoms with E-state index in [1.165, 1.54) is 5.56 Å². The molecule has 2 N–H and O–H groups in total. The van der Waals surface area contributed by atoms with Gasteiger partial charge in [0.15, 0.2) is 0 Å². The number of benzene rings is 1. The Morgan fingerprint density at radius 1 is 1.12 bits per heavy atom. The Bertz CT molecular complexity index is 671. The van der Waals surface area contributed by atoms with Crippen LogP contribution in [0.15, 0.2) is 36.4 Å². The van der Waals surface area contributed by atoms with Crippen LogP contribution in [-0.4, -0.2) is 29.0 Å². The zero-order valence-electron chi connectivity index (χ0n) is 15.4. The average Bonchev–Trinajstić information content (AvgIpc) is 2.59. The van der Waals surface area contributed by atoms with Gasteiger partial charge in [0, 0.05) is 18.8 Å². The van der Waals surface area contributed by atoms with E-state index in [-0.39, 0.29) is 5.91 Å². The third-order valence-electron chi connectivity index (χ3n) is 3.86. The third-order valence-corrected chi connectivity index (χ3v) is 3.86. The van der Waals surface area contributed by atoms with E-state index in [9.17, 15) is 4.79 Å². The summed E-state index contributed by atoms with van der Waals surface area (Å²) in [6.45, 7) is 7.59. The molecule has 134 valence electrons. The number of carbonyl (C=O) groups is 1. The summed E-state index contributed by atoms with van der Waals surface area (Å²) in [5.74, 6) is 0.940. The number of nitrogens with zero attached hydrogens (tertiary/aromatic N) is 2. The van der Waals surface area contributed by atoms with Gasteiger partial charge in [-0.25, -0.2) is 9.97 Å². The molecule has 1 heterocycles. The van der Waals surface area contributed by atoms with Gasteiger partial charge < -0.3 is 10.6 Å². The van der Waals surface area contributed by atoms with Crippen LogP contribution < -0.4 is 10.6 Å². The first-order valence-electron chi connectivity index (χ1n) is 8.96. The van der Waals surface area contributed by atoms with Crippen LogP contribution in [0.1, 0.15) is 48.4 Å². The lowest BCUT2D eigenvalue weighted by atomic mass is 10.1. The van der Waals surface area contributed by atoms with Gasteiger partial charge in [-0.05, 0) is 43.7 Å². The fourth-order valence-electron chi connectivity index (χ4n) is 2.47. The predicted octanol–water partition coefficient (Wildman–Crippen LogP) is 3.61. The van der Waals surface area contributed by atoms with Crippen molar-refractivity contribution in [2.45, 2.75) is 40.0 Å². The van der Waals surface area contributed by atoms with Crippen molar-refractivity contribution in [3.05, 3.63) is 53.3 Å². The van der Waals surface area contributed by atoms with E-state index < -0.39 is 0 Å². The molecule has 0 bridgehead atoms. The van der Waals surface area contributed by atoms with Crippen molar-refractivity contribution in [1.29, 1.82) is 0 Å². The second kappa shape index (κ2) is 9.77. The Morgan fingerprint density at radius 2 is 1.88 bits per heavy atom. The summed E-state index contributed by atoms with van der Waals surface area (Å²) in [5, 5.41) is 6.14. The van der Waals surface area contributed by atoms with Crippen molar-refractivity contribution in [1.82, 2.24) is 15.3 Å². The Kier molecular flexibility index (Phi) is 7.38. The number of nitrogens with one attached hydrogen (secondary N) is 2. The molecule has 0 spiro atoms. The maximum absolute atomic E-state index is 12.2. The number of aryl methyl sites for hydroxylation is 2. The summed E-state index contributed by atoms with van der Waals surface area (Å²) >= 11 is 0. The molecule has 0 fully saturated rings. The zero-order chi connectivity index (χ0) is 18.1. The number of rotatable bonds is 9. The number of amides is 1. The lowest BCUT2D eigenvalue weighted by Gasteiger charge is -2.10. The highest BCUT2D eigenvalue weighted by atomic mass is 16.1. The van der Waals surface area contributed by atoms with Crippen molar-refractivity contribution in [3.63, 3.8) is 0 Å². The summed E-state index contributed by atoms with van der Waals surface area (Å²) in [7, 11) is 0. The Balaban J connectivity index is 1.84. The summed E-state index contributed by atoms with van der Waals surface area (Å²) in [5.41, 5.74) is 2.52. The fraction of sp³-hybridized carbons (Fsp3) is 0.450. The van der Waals surface area contributed by atoms with Crippen LogP contribution in [-0.2, 0) is 6.42 Å². The van der Waals surface area contributed by atoms with E-state index in [4.69, 9.17) is 0 Å². The highest BCUT2D eigenvalue weighted by molar-refractivity contribution is 5.92. The minimum atomic E-state index is -0.140. The fourth-order valence-corrected chi connectivity index (χ4v) is 2.47. The van der Waals surface area contributed by atoms with Gasteiger partial charge in [-0.15, -0.1) is 0 Å². The third kappa shape index (κ3) is 6.91. The van der Waals surface area contributed by atoms with Gasteiger partial charge in [0.25, 0.3) is 5.91 Å². The Morgan fingerprint density at radius 3 is 2.60 bits per heavy atom. The molecule has 5 nitrogen and oxygen atoms in total. The first-order chi connectivity index (χ1) is 12.0. The highest BCUT2D eigenvalue weighted by Crippen LogP contribution is 2.07. The average molecular weight is 340 g/mol. The molecule has 1 aromatic heterocycles. The molecule has 0 aliphatic heterocycles. The van der Waals surface area contributed by atoms with E-state index in [1.54, 1.807) is 6.07 Å². The summed E-state index contributed by atoms with van der Waals surface area (Å²) in [4.78, 5) is 20.9. The minimum Gasteiger partial charge on any atom is -0.354 e. The number of carbonyl (C=O) groups excluding carboxylic acids is 1. The molecule has 0 atom stereocenters. The molecule has 0 radical (unpaired) electrons. The molecular weight excluding hydrogens is 312 g/mol. The molecule has 25 heavy (non-hydrogen) atoms. The first kappa shape index (κ1) is 18.9. The number of aromatic nitrogens is 2. The van der Waals surface area contributed by atoms with Crippen LogP contribution in [0.2, 0.25) is 0 Å². The normalized spacial score (nSPS) is 10.7. The SMILES string of the molecule is Cc1cc(C(=O)NCCC(C)C)nc(NCCCc2ccccc2)n1. The van der Waals surface area contributed by atoms with Crippen LogP contribution in [0.3, 0.4) is 0 Å². The molecule has 0 saturated heterocycles. The van der Waals surface area contributed by atoms with Crippen LogP contribution in [0.4, 0.5) is 5.95 Å². The second-order valence-electron chi connectivity index (χ2n) is 6.67. The predicted molar refractivity (Wildman–Crippen MR) is 102 cm³/mol. The topological polar surface area (TPSA) is 66.9 Å². The summed E-state index contributed by atoms with van der Waals surface area (Å²) in [6.07, 6.45) is 2.94. The molecule has 0 unspecified atom stereocenters. The van der Waals surface area contributed by atoms with Gasteiger partial charge >= 0.3 is 0 Å². The van der Waals surface area contributed by atoms with Gasteiger partial charge in [0.05, 0.1) is 0 Å². The van der Waals surface area contributed by atoms with Crippen molar-refractivity contribution < 1.29 is 4.79 Å². The van der Waals surface area contributed by atoms with E-state index in [1.807, 2.05) is 13.0 Å². The summed E-state index contributed by atoms with van der Waals surface area (Å²) < 4.78 is 0. The smallest absolute Gasteiger partial charge is 0.270 e. The van der Waals surface area contributed by atoms with E-state index in [0.717, 1.165) is 31.5 Å². The molecular formula is C20H28N4O. The van der Waals surface area contributed by atoms with Crippen LogP contribution >= 0.6 is 0 Å². The highest BCUT2D eigenvalue weighted by Gasteiger charge is 2.10. The maximum atomic E-state index is 12.2. The molecule has 2 aromatic rings. The number of anilines is 1. The van der Waals surface area contributed by atoms with Gasteiger partial charge in [-0.2, -0.15) is 0 Å². The first-order valence-corrected chi connectivity index (χ1v) is 8.96. The van der Waals surface area contributed by atoms with E-state index in [2.05, 4.69) is 58.7 Å². The lowest BCUT2D eigenvalue weighted by Crippen LogP contribution is -2.26. The largest absolute Gasteiger partial charge is 0.354 e. The van der Waals surface area contributed by atoms with Crippen molar-refractivity contribution in [2.75, 3.05) is 18.4 Å². The van der Waals surface area contributed by atoms with Crippen LogP contribution in [0.25, 0.3) is 0 Å². The number of hydrogen-bond acceptors (Lipinski definition) is 4. The molecule has 0 aliphatic carbocycles. The molecule has 1 amide bonds. The molecule has 0 aliphatic rings. The van der Waals surface area contributed by atoms with E-state index >= 15 is 0 Å². The van der Waals surface area contributed by atoms with Crippen LogP contribution in [0.5, 0.6) is 0 Å². The molecule has 5 heteroatoms. The summed E-state index contributed by atoms with van der Waals surface area (Å²) in [6, 6.07) is 12.1. The maximum Gasteiger partial charge on any atom is 0.270 e. The van der Waals surface area contributed by atoms with Crippen molar-refractivity contribution >= 4 is 11.9 Å². The lowest BCUT2D eigenvalue weighted by molar-refractivity contribution is 0.0947. The Hall–Kier alpha value is -2.43. The monoisotopic (exact) mass is 340 g/mol. The Labute approximate surface area is 150 Å². The van der Waals surface area contributed by atoms with Crippen molar-refractivity contribution in [3.8, 4) is 0 Å². The second-order valence-corrected chi connectivity index (χ2v) is 6.67. The molecule has 2 rings (SSSR count). The van der Waals surface area contributed by atoms with Gasteiger partial charge in [-0.1, -0.05) is 44.2 Å². The van der Waals surface area contributed by atoms with Crippen molar-refractivity contribution in [2.24, 2.45) is 5.92 Å². The number of hydrogen-bond donors (Lipinski definition) is 2. The van der Waals surface area contributed by atoms with Crippen LogP contribution in [0, 0.1) is 12.8 Å². The molecule has 0 saturated carbocycles. The minimum absolute atomic E-state index is 0.140. The molecule has 1 aromatic carbocycles. The van der Waals surface area contributed by atoms with Gasteiger partial charge in [0.2, 0.25) is 5.95 Å². The standard InChI is InChI=1S/C20H28N4O/c1-15(2)11-13-21-19(25)18-14-16(3)23-20(24-18)22-12-7-10-17-8-5-4-6-9-17/h4-6,8-9,14-15H,7,10-13H2,1-3H3,(H,21,25)(H,22,23,24). The van der Waals surface area contributed by atoms with Gasteiger partial charge in [-0.3, -0.25) is 4.79 Å². The quantitative estimate of drug-likeness (QED) is 0.684. The van der Waals surface area contributed by atoms with Gasteiger partial charge in [0.1, 0.15) is 5.69 Å². The zero-order valence-corrected chi connectivity index (χ0v) is 15.4. The van der Waals surface area contributed by atoms with E-state index in [0.29, 0.717) is 24.1 Å².